The van der Waals surface area contributed by atoms with Crippen LogP contribution in [-0.2, 0) is 10.0 Å². The van der Waals surface area contributed by atoms with Gasteiger partial charge in [-0.3, -0.25) is 0 Å². The molecule has 1 saturated carbocycles. The zero-order chi connectivity index (χ0) is 13.9. The number of hydrogen-bond acceptors (Lipinski definition) is 2. The molecular weight excluding hydrogens is 272 g/mol. The molecule has 19 heavy (non-hydrogen) atoms. The Labute approximate surface area is 112 Å². The molecule has 0 unspecified atom stereocenters. The lowest BCUT2D eigenvalue weighted by atomic mass is 9.96. The molecular formula is C13H17F2NO2S. The highest BCUT2D eigenvalue weighted by atomic mass is 32.2. The van der Waals surface area contributed by atoms with Gasteiger partial charge in [-0.2, -0.15) is 0 Å². The standard InChI is InChI=1S/C13H17F2NO2S/c14-13(15)10-6-8-12(9-7-10)19(17,18)16-11-4-2-1-3-5-11/h6-9,11,13,16H,1-5H2. The summed E-state index contributed by atoms with van der Waals surface area (Å²) in [6.07, 6.45) is 2.29. The number of halogens is 2. The van der Waals surface area contributed by atoms with E-state index >= 15 is 0 Å². The molecule has 6 heteroatoms. The lowest BCUT2D eigenvalue weighted by Gasteiger charge is -2.22. The molecule has 0 aliphatic heterocycles. The fourth-order valence-corrected chi connectivity index (χ4v) is 3.61. The Balaban J connectivity index is 2.10. The monoisotopic (exact) mass is 289 g/mol. The van der Waals surface area contributed by atoms with Crippen molar-refractivity contribution in [2.45, 2.75) is 49.5 Å². The van der Waals surface area contributed by atoms with Crippen LogP contribution in [0.2, 0.25) is 0 Å². The predicted octanol–water partition coefficient (Wildman–Crippen LogP) is 3.24. The Morgan fingerprint density at radius 1 is 1.05 bits per heavy atom. The molecule has 1 fully saturated rings. The topological polar surface area (TPSA) is 46.2 Å². The Morgan fingerprint density at radius 2 is 1.63 bits per heavy atom. The third kappa shape index (κ3) is 3.73. The van der Waals surface area contributed by atoms with E-state index < -0.39 is 16.4 Å². The lowest BCUT2D eigenvalue weighted by molar-refractivity contribution is 0.151. The molecule has 106 valence electrons. The van der Waals surface area contributed by atoms with E-state index in [0.29, 0.717) is 0 Å². The van der Waals surface area contributed by atoms with Crippen molar-refractivity contribution in [3.63, 3.8) is 0 Å². The van der Waals surface area contributed by atoms with Crippen molar-refractivity contribution in [1.29, 1.82) is 0 Å². The molecule has 0 spiro atoms. The van der Waals surface area contributed by atoms with Gasteiger partial charge in [-0.15, -0.1) is 0 Å². The van der Waals surface area contributed by atoms with Crippen molar-refractivity contribution in [3.05, 3.63) is 29.8 Å². The molecule has 0 heterocycles. The summed E-state index contributed by atoms with van der Waals surface area (Å²) in [5.74, 6) is 0. The largest absolute Gasteiger partial charge is 0.263 e. The second-order valence-corrected chi connectivity index (χ2v) is 6.54. The van der Waals surface area contributed by atoms with Crippen LogP contribution in [0.1, 0.15) is 44.1 Å². The van der Waals surface area contributed by atoms with Gasteiger partial charge >= 0.3 is 0 Å². The summed E-state index contributed by atoms with van der Waals surface area (Å²) in [6.45, 7) is 0. The van der Waals surface area contributed by atoms with Gasteiger partial charge in [0.2, 0.25) is 10.0 Å². The van der Waals surface area contributed by atoms with Crippen LogP contribution in [0, 0.1) is 0 Å². The Hall–Kier alpha value is -1.01. The molecule has 1 N–H and O–H groups in total. The minimum Gasteiger partial charge on any atom is -0.208 e. The number of alkyl halides is 2. The van der Waals surface area contributed by atoms with Gasteiger partial charge in [0, 0.05) is 11.6 Å². The van der Waals surface area contributed by atoms with Crippen molar-refractivity contribution in [1.82, 2.24) is 4.72 Å². The maximum Gasteiger partial charge on any atom is 0.263 e. The SMILES string of the molecule is O=S(=O)(NC1CCCCC1)c1ccc(C(F)F)cc1. The quantitative estimate of drug-likeness (QED) is 0.925. The summed E-state index contributed by atoms with van der Waals surface area (Å²) in [5.41, 5.74) is -0.170. The average molecular weight is 289 g/mol. The number of sulfonamides is 1. The summed E-state index contributed by atoms with van der Waals surface area (Å²) in [6, 6.07) is 4.73. The molecule has 0 atom stereocenters. The van der Waals surface area contributed by atoms with Crippen LogP contribution in [0.3, 0.4) is 0 Å². The molecule has 0 amide bonds. The van der Waals surface area contributed by atoms with Gasteiger partial charge in [0.15, 0.2) is 0 Å². The van der Waals surface area contributed by atoms with Crippen LogP contribution in [0.5, 0.6) is 0 Å². The highest BCUT2D eigenvalue weighted by Crippen LogP contribution is 2.22. The number of nitrogens with one attached hydrogen (secondary N) is 1. The summed E-state index contributed by atoms with van der Waals surface area (Å²) in [4.78, 5) is 0.0440. The minimum atomic E-state index is -3.60. The molecule has 1 aromatic carbocycles. The number of benzene rings is 1. The van der Waals surface area contributed by atoms with Gasteiger partial charge < -0.3 is 0 Å². The molecule has 0 saturated heterocycles. The van der Waals surface area contributed by atoms with Gasteiger partial charge in [0.1, 0.15) is 0 Å². The lowest BCUT2D eigenvalue weighted by Crippen LogP contribution is -2.36. The predicted molar refractivity (Wildman–Crippen MR) is 68.6 cm³/mol. The van der Waals surface area contributed by atoms with E-state index in [4.69, 9.17) is 0 Å². The smallest absolute Gasteiger partial charge is 0.208 e. The number of rotatable bonds is 4. The Bertz CT molecular complexity index is 508. The number of hydrogen-bond donors (Lipinski definition) is 1. The van der Waals surface area contributed by atoms with Crippen molar-refractivity contribution >= 4 is 10.0 Å². The Morgan fingerprint density at radius 3 is 2.16 bits per heavy atom. The molecule has 1 aliphatic carbocycles. The van der Waals surface area contributed by atoms with E-state index in [1.54, 1.807) is 0 Å². The first kappa shape index (κ1) is 14.4. The summed E-state index contributed by atoms with van der Waals surface area (Å²) >= 11 is 0. The molecule has 0 aromatic heterocycles. The second-order valence-electron chi connectivity index (χ2n) is 4.83. The van der Waals surface area contributed by atoms with Gasteiger partial charge in [0.25, 0.3) is 6.43 Å². The fourth-order valence-electron chi connectivity index (χ4n) is 2.30. The van der Waals surface area contributed by atoms with Crippen LogP contribution in [0.4, 0.5) is 8.78 Å². The van der Waals surface area contributed by atoms with Gasteiger partial charge in [-0.05, 0) is 25.0 Å². The van der Waals surface area contributed by atoms with Crippen LogP contribution in [0.25, 0.3) is 0 Å². The molecule has 0 bridgehead atoms. The highest BCUT2D eigenvalue weighted by Gasteiger charge is 2.22. The second kappa shape index (κ2) is 5.96. The van der Waals surface area contributed by atoms with E-state index in [2.05, 4.69) is 4.72 Å². The molecule has 1 aromatic rings. The maximum absolute atomic E-state index is 12.4. The van der Waals surface area contributed by atoms with Crippen LogP contribution in [0.15, 0.2) is 29.2 Å². The van der Waals surface area contributed by atoms with Crippen molar-refractivity contribution < 1.29 is 17.2 Å². The zero-order valence-corrected chi connectivity index (χ0v) is 11.3. The van der Waals surface area contributed by atoms with E-state index in [9.17, 15) is 17.2 Å². The fraction of sp³-hybridized carbons (Fsp3) is 0.538. The van der Waals surface area contributed by atoms with Gasteiger partial charge in [-0.25, -0.2) is 21.9 Å². The van der Waals surface area contributed by atoms with Crippen molar-refractivity contribution in [2.75, 3.05) is 0 Å². The zero-order valence-electron chi connectivity index (χ0n) is 10.5. The summed E-state index contributed by atoms with van der Waals surface area (Å²) in [7, 11) is -3.60. The molecule has 0 radical (unpaired) electrons. The van der Waals surface area contributed by atoms with Gasteiger partial charge in [0.05, 0.1) is 4.90 Å². The molecule has 2 rings (SSSR count). The van der Waals surface area contributed by atoms with Gasteiger partial charge in [-0.1, -0.05) is 31.4 Å². The van der Waals surface area contributed by atoms with Crippen molar-refractivity contribution in [3.8, 4) is 0 Å². The van der Waals surface area contributed by atoms with Crippen LogP contribution < -0.4 is 4.72 Å². The summed E-state index contributed by atoms with van der Waals surface area (Å²) in [5, 5.41) is 0. The van der Waals surface area contributed by atoms with Crippen LogP contribution >= 0.6 is 0 Å². The maximum atomic E-state index is 12.4. The van der Waals surface area contributed by atoms with E-state index in [1.165, 1.54) is 12.1 Å². The Kier molecular flexibility index (Phi) is 4.52. The van der Waals surface area contributed by atoms with E-state index in [0.717, 1.165) is 44.2 Å². The third-order valence-corrected chi connectivity index (χ3v) is 4.91. The first-order valence-electron chi connectivity index (χ1n) is 6.39. The van der Waals surface area contributed by atoms with Crippen molar-refractivity contribution in [2.24, 2.45) is 0 Å². The van der Waals surface area contributed by atoms with E-state index in [-0.39, 0.29) is 16.5 Å². The highest BCUT2D eigenvalue weighted by molar-refractivity contribution is 7.89. The van der Waals surface area contributed by atoms with E-state index in [1.807, 2.05) is 0 Å². The normalized spacial score (nSPS) is 17.8. The molecule has 1 aliphatic rings. The van der Waals surface area contributed by atoms with Crippen LogP contribution in [-0.4, -0.2) is 14.5 Å². The first-order chi connectivity index (χ1) is 8.99. The average Bonchev–Trinajstić information content (AvgIpc) is 2.39. The molecule has 3 nitrogen and oxygen atoms in total. The third-order valence-electron chi connectivity index (χ3n) is 3.37. The first-order valence-corrected chi connectivity index (χ1v) is 7.88. The minimum absolute atomic E-state index is 0.0338. The summed E-state index contributed by atoms with van der Waals surface area (Å²) < 4.78 is 51.6.